The van der Waals surface area contributed by atoms with Crippen LogP contribution in [-0.4, -0.2) is 23.3 Å². The molecule has 0 bridgehead atoms. The zero-order valence-corrected chi connectivity index (χ0v) is 12.4. The minimum atomic E-state index is 0.381. The summed E-state index contributed by atoms with van der Waals surface area (Å²) in [4.78, 5) is 0. The van der Waals surface area contributed by atoms with Crippen molar-refractivity contribution in [3.63, 3.8) is 0 Å². The minimum absolute atomic E-state index is 0.381. The van der Waals surface area contributed by atoms with E-state index < -0.39 is 0 Å². The fourth-order valence-corrected chi connectivity index (χ4v) is 3.17. The molecule has 0 aliphatic heterocycles. The summed E-state index contributed by atoms with van der Waals surface area (Å²) >= 11 is 1.75. The van der Waals surface area contributed by atoms with Crippen LogP contribution in [0.15, 0.2) is 30.3 Å². The van der Waals surface area contributed by atoms with E-state index in [1.54, 1.807) is 11.3 Å². The van der Waals surface area contributed by atoms with Crippen molar-refractivity contribution in [3.8, 4) is 0 Å². The van der Waals surface area contributed by atoms with Crippen LogP contribution in [0.1, 0.15) is 41.8 Å². The molecule has 1 unspecified atom stereocenters. The Balaban J connectivity index is 2.07. The van der Waals surface area contributed by atoms with Gasteiger partial charge in [-0.3, -0.25) is 0 Å². The summed E-state index contributed by atoms with van der Waals surface area (Å²) in [6, 6.07) is 10.6. The van der Waals surface area contributed by atoms with Gasteiger partial charge in [0.2, 0.25) is 0 Å². The van der Waals surface area contributed by atoms with Gasteiger partial charge in [0, 0.05) is 18.9 Å². The van der Waals surface area contributed by atoms with Crippen LogP contribution >= 0.6 is 11.3 Å². The molecule has 1 atom stereocenters. The van der Waals surface area contributed by atoms with Gasteiger partial charge in [0.1, 0.15) is 10.0 Å². The molecule has 0 aliphatic rings. The highest BCUT2D eigenvalue weighted by molar-refractivity contribution is 7.11. The molecule has 1 aromatic carbocycles. The van der Waals surface area contributed by atoms with Crippen molar-refractivity contribution in [1.29, 1.82) is 0 Å². The smallest absolute Gasteiger partial charge is 0.124 e. The van der Waals surface area contributed by atoms with Gasteiger partial charge in [0.15, 0.2) is 0 Å². The second-order valence-electron chi connectivity index (χ2n) is 4.51. The van der Waals surface area contributed by atoms with Crippen LogP contribution < -0.4 is 5.32 Å². The summed E-state index contributed by atoms with van der Waals surface area (Å²) in [6.07, 6.45) is 2.03. The molecule has 102 valence electrons. The van der Waals surface area contributed by atoms with Crippen molar-refractivity contribution < 1.29 is 0 Å². The Labute approximate surface area is 119 Å². The molecule has 0 aliphatic carbocycles. The maximum atomic E-state index is 4.38. The topological polar surface area (TPSA) is 37.8 Å². The maximum Gasteiger partial charge on any atom is 0.124 e. The zero-order chi connectivity index (χ0) is 13.5. The van der Waals surface area contributed by atoms with E-state index in [4.69, 9.17) is 0 Å². The number of rotatable bonds is 7. The van der Waals surface area contributed by atoms with Crippen molar-refractivity contribution >= 4 is 11.3 Å². The summed E-state index contributed by atoms with van der Waals surface area (Å²) in [6.45, 7) is 6.31. The third-order valence-electron chi connectivity index (χ3n) is 3.16. The molecule has 4 heteroatoms. The van der Waals surface area contributed by atoms with E-state index in [0.29, 0.717) is 5.92 Å². The fourth-order valence-electron chi connectivity index (χ4n) is 2.12. The first-order valence-electron chi connectivity index (χ1n) is 6.93. The van der Waals surface area contributed by atoms with E-state index in [1.165, 1.54) is 5.56 Å². The zero-order valence-electron chi connectivity index (χ0n) is 11.6. The Kier molecular flexibility index (Phi) is 5.48. The molecule has 0 saturated heterocycles. The Bertz CT molecular complexity index is 481. The van der Waals surface area contributed by atoms with Gasteiger partial charge in [-0.05, 0) is 18.5 Å². The van der Waals surface area contributed by atoms with Gasteiger partial charge in [0.05, 0.1) is 0 Å². The molecule has 1 aromatic heterocycles. The first kappa shape index (κ1) is 14.2. The van der Waals surface area contributed by atoms with Gasteiger partial charge in [-0.2, -0.15) is 0 Å². The van der Waals surface area contributed by atoms with E-state index in [9.17, 15) is 0 Å². The van der Waals surface area contributed by atoms with Crippen LogP contribution in [0.4, 0.5) is 0 Å². The second-order valence-corrected chi connectivity index (χ2v) is 5.60. The lowest BCUT2D eigenvalue weighted by molar-refractivity contribution is 0.707. The van der Waals surface area contributed by atoms with E-state index in [-0.39, 0.29) is 0 Å². The van der Waals surface area contributed by atoms with Gasteiger partial charge in [-0.1, -0.05) is 44.2 Å². The third-order valence-corrected chi connectivity index (χ3v) is 4.25. The van der Waals surface area contributed by atoms with Crippen LogP contribution in [-0.2, 0) is 6.42 Å². The molecule has 0 radical (unpaired) electrons. The number of nitrogens with one attached hydrogen (secondary N) is 1. The normalized spacial score (nSPS) is 12.5. The van der Waals surface area contributed by atoms with E-state index in [1.807, 2.05) is 0 Å². The first-order valence-corrected chi connectivity index (χ1v) is 7.74. The molecule has 0 spiro atoms. The maximum absolute atomic E-state index is 4.38. The van der Waals surface area contributed by atoms with Crippen molar-refractivity contribution in [3.05, 3.63) is 45.9 Å². The summed E-state index contributed by atoms with van der Waals surface area (Å²) in [5.74, 6) is 0.381. The SMILES string of the molecule is CCNCCc1nnc(C(CC)c2ccccc2)s1. The Hall–Kier alpha value is -1.26. The summed E-state index contributed by atoms with van der Waals surface area (Å²) in [7, 11) is 0. The molecule has 1 heterocycles. The number of hydrogen-bond donors (Lipinski definition) is 1. The Morgan fingerprint density at radius 3 is 2.63 bits per heavy atom. The van der Waals surface area contributed by atoms with Gasteiger partial charge < -0.3 is 5.32 Å². The molecular weight excluding hydrogens is 254 g/mol. The predicted octanol–water partition coefficient (Wildman–Crippen LogP) is 3.23. The third kappa shape index (κ3) is 3.85. The fraction of sp³-hybridized carbons (Fsp3) is 0.467. The number of hydrogen-bond acceptors (Lipinski definition) is 4. The molecule has 0 fully saturated rings. The van der Waals surface area contributed by atoms with Gasteiger partial charge in [-0.25, -0.2) is 0 Å². The van der Waals surface area contributed by atoms with Gasteiger partial charge in [0.25, 0.3) is 0 Å². The van der Waals surface area contributed by atoms with Crippen molar-refractivity contribution in [1.82, 2.24) is 15.5 Å². The second kappa shape index (κ2) is 7.36. The Morgan fingerprint density at radius 1 is 1.16 bits per heavy atom. The highest BCUT2D eigenvalue weighted by Crippen LogP contribution is 2.29. The lowest BCUT2D eigenvalue weighted by Crippen LogP contribution is -2.15. The van der Waals surface area contributed by atoms with E-state index >= 15 is 0 Å². The lowest BCUT2D eigenvalue weighted by Gasteiger charge is -2.11. The van der Waals surface area contributed by atoms with Crippen molar-refractivity contribution in [2.75, 3.05) is 13.1 Å². The highest BCUT2D eigenvalue weighted by atomic mass is 32.1. The number of benzene rings is 1. The highest BCUT2D eigenvalue weighted by Gasteiger charge is 2.16. The molecule has 1 N–H and O–H groups in total. The summed E-state index contributed by atoms with van der Waals surface area (Å²) in [5.41, 5.74) is 1.33. The van der Waals surface area contributed by atoms with Gasteiger partial charge >= 0.3 is 0 Å². The first-order chi connectivity index (χ1) is 9.35. The van der Waals surface area contributed by atoms with Crippen molar-refractivity contribution in [2.45, 2.75) is 32.6 Å². The minimum Gasteiger partial charge on any atom is -0.317 e. The molecule has 3 nitrogen and oxygen atoms in total. The van der Waals surface area contributed by atoms with Crippen LogP contribution in [0.25, 0.3) is 0 Å². The molecule has 19 heavy (non-hydrogen) atoms. The van der Waals surface area contributed by atoms with E-state index in [2.05, 4.69) is 59.7 Å². The van der Waals surface area contributed by atoms with Crippen LogP contribution in [0.2, 0.25) is 0 Å². The van der Waals surface area contributed by atoms with Crippen LogP contribution in [0.5, 0.6) is 0 Å². The largest absolute Gasteiger partial charge is 0.317 e. The quantitative estimate of drug-likeness (QED) is 0.788. The average molecular weight is 275 g/mol. The number of likely N-dealkylation sites (N-methyl/N-ethyl adjacent to an activating group) is 1. The van der Waals surface area contributed by atoms with Crippen molar-refractivity contribution in [2.24, 2.45) is 0 Å². The molecule has 0 saturated carbocycles. The van der Waals surface area contributed by atoms with Crippen LogP contribution in [0.3, 0.4) is 0 Å². The summed E-state index contributed by atoms with van der Waals surface area (Å²) in [5, 5.41) is 14.3. The summed E-state index contributed by atoms with van der Waals surface area (Å²) < 4.78 is 0. The molecular formula is C15H21N3S. The Morgan fingerprint density at radius 2 is 1.95 bits per heavy atom. The number of aromatic nitrogens is 2. The van der Waals surface area contributed by atoms with Crippen LogP contribution in [0, 0.1) is 0 Å². The predicted molar refractivity (Wildman–Crippen MR) is 80.7 cm³/mol. The van der Waals surface area contributed by atoms with E-state index in [0.717, 1.165) is 35.9 Å². The number of nitrogens with zero attached hydrogens (tertiary/aromatic N) is 2. The average Bonchev–Trinajstić information content (AvgIpc) is 2.90. The lowest BCUT2D eigenvalue weighted by atomic mass is 9.97. The molecule has 0 amide bonds. The molecule has 2 rings (SSSR count). The molecule has 2 aromatic rings. The van der Waals surface area contributed by atoms with Gasteiger partial charge in [-0.15, -0.1) is 21.5 Å². The monoisotopic (exact) mass is 275 g/mol. The standard InChI is InChI=1S/C15H21N3S/c1-3-13(12-8-6-5-7-9-12)15-18-17-14(19-15)10-11-16-4-2/h5-9,13,16H,3-4,10-11H2,1-2H3.